The molecule has 0 aromatic heterocycles. The van der Waals surface area contributed by atoms with Gasteiger partial charge in [-0.2, -0.15) is 0 Å². The highest BCUT2D eigenvalue weighted by Crippen LogP contribution is 2.35. The van der Waals surface area contributed by atoms with Crippen LogP contribution in [0.3, 0.4) is 0 Å². The minimum atomic E-state index is -0.627. The fourth-order valence-corrected chi connectivity index (χ4v) is 4.52. The Bertz CT molecular complexity index is 1310. The number of amides is 2. The van der Waals surface area contributed by atoms with Crippen molar-refractivity contribution < 1.29 is 28.6 Å². The monoisotopic (exact) mass is 491 g/mol. The van der Waals surface area contributed by atoms with Crippen LogP contribution >= 0.6 is 11.8 Å². The number of nitrogens with zero attached hydrogens (tertiary/aromatic N) is 1. The Morgan fingerprint density at radius 2 is 1.80 bits per heavy atom. The molecule has 1 saturated heterocycles. The maximum Gasteiger partial charge on any atom is 0.326 e. The number of ether oxygens (including phenoxy) is 3. The van der Waals surface area contributed by atoms with Crippen LogP contribution in [0.5, 0.6) is 11.5 Å². The first-order valence-corrected chi connectivity index (χ1v) is 11.9. The fraction of sp³-hybridized carbons (Fsp3) is 0.222. The highest BCUT2D eigenvalue weighted by Gasteiger charge is 2.36. The molecule has 1 aliphatic heterocycles. The summed E-state index contributed by atoms with van der Waals surface area (Å²) < 4.78 is 16.6. The van der Waals surface area contributed by atoms with Crippen LogP contribution in [0.15, 0.2) is 65.6 Å². The molecule has 0 saturated carbocycles. The molecule has 3 aromatic carbocycles. The van der Waals surface area contributed by atoms with E-state index in [-0.39, 0.29) is 11.0 Å². The Labute approximate surface area is 207 Å². The lowest BCUT2D eigenvalue weighted by Crippen LogP contribution is -2.35. The van der Waals surface area contributed by atoms with Crippen molar-refractivity contribution >= 4 is 45.7 Å². The second-order valence-electron chi connectivity index (χ2n) is 8.14. The van der Waals surface area contributed by atoms with Crippen molar-refractivity contribution in [2.24, 2.45) is 0 Å². The van der Waals surface area contributed by atoms with Gasteiger partial charge in [0, 0.05) is 0 Å². The molecule has 180 valence electrons. The van der Waals surface area contributed by atoms with Crippen LogP contribution in [-0.4, -0.2) is 41.8 Å². The van der Waals surface area contributed by atoms with Gasteiger partial charge < -0.3 is 14.2 Å². The van der Waals surface area contributed by atoms with Gasteiger partial charge in [-0.05, 0) is 65.7 Å². The van der Waals surface area contributed by atoms with E-state index in [1.807, 2.05) is 24.3 Å². The lowest BCUT2D eigenvalue weighted by molar-refractivity contribution is -0.149. The van der Waals surface area contributed by atoms with Crippen LogP contribution < -0.4 is 9.47 Å². The molecule has 4 rings (SSSR count). The number of esters is 1. The first-order chi connectivity index (χ1) is 16.9. The van der Waals surface area contributed by atoms with Gasteiger partial charge in [0.1, 0.15) is 13.2 Å². The third-order valence-corrected chi connectivity index (χ3v) is 6.18. The molecule has 1 aliphatic rings. The summed E-state index contributed by atoms with van der Waals surface area (Å²) >= 11 is 0.782. The predicted octanol–water partition coefficient (Wildman–Crippen LogP) is 5.42. The van der Waals surface area contributed by atoms with Crippen LogP contribution in [-0.2, 0) is 20.9 Å². The molecule has 3 aromatic rings. The van der Waals surface area contributed by atoms with E-state index in [1.165, 1.54) is 7.11 Å². The lowest BCUT2D eigenvalue weighted by Gasteiger charge is -2.13. The Kier molecular flexibility index (Phi) is 7.41. The number of fused-ring (bicyclic) bond motifs is 1. The Balaban J connectivity index is 1.48. The lowest BCUT2D eigenvalue weighted by atomic mass is 10.1. The molecule has 35 heavy (non-hydrogen) atoms. The highest BCUT2D eigenvalue weighted by molar-refractivity contribution is 8.18. The summed E-state index contributed by atoms with van der Waals surface area (Å²) in [5.41, 5.74) is 1.72. The van der Waals surface area contributed by atoms with Crippen LogP contribution in [0, 0.1) is 0 Å². The standard InChI is InChI=1S/C27H25NO6S/c1-17(2)34-25(29)15-28-26(30)24(35-27(28)31)14-18-11-12-22(23(13-18)32-3)33-16-20-9-6-8-19-7-4-5-10-21(19)20/h4-14,17H,15-16H2,1-3H3/b24-14+. The van der Waals surface area contributed by atoms with Gasteiger partial charge in [-0.15, -0.1) is 0 Å². The Morgan fingerprint density at radius 3 is 2.57 bits per heavy atom. The smallest absolute Gasteiger partial charge is 0.326 e. The number of hydrogen-bond acceptors (Lipinski definition) is 7. The molecule has 0 bridgehead atoms. The molecule has 2 amide bonds. The number of thioether (sulfide) groups is 1. The zero-order valence-corrected chi connectivity index (χ0v) is 20.5. The summed E-state index contributed by atoms with van der Waals surface area (Å²) in [6, 6.07) is 19.5. The SMILES string of the molecule is COc1cc(/C=C2/SC(=O)N(CC(=O)OC(C)C)C2=O)ccc1OCc1cccc2ccccc12. The zero-order valence-electron chi connectivity index (χ0n) is 19.6. The molecule has 0 atom stereocenters. The molecule has 0 unspecified atom stereocenters. The summed E-state index contributed by atoms with van der Waals surface area (Å²) in [4.78, 5) is 38.0. The van der Waals surface area contributed by atoms with Gasteiger partial charge in [0.05, 0.1) is 18.1 Å². The molecule has 1 heterocycles. The minimum absolute atomic E-state index is 0.221. The van der Waals surface area contributed by atoms with Gasteiger partial charge in [0.15, 0.2) is 11.5 Å². The molecule has 0 aliphatic carbocycles. The summed E-state index contributed by atoms with van der Waals surface area (Å²) in [5, 5.41) is 1.75. The van der Waals surface area contributed by atoms with Crippen LogP contribution in [0.1, 0.15) is 25.0 Å². The maximum atomic E-state index is 12.7. The summed E-state index contributed by atoms with van der Waals surface area (Å²) in [6.07, 6.45) is 1.27. The topological polar surface area (TPSA) is 82.1 Å². The average molecular weight is 492 g/mol. The number of methoxy groups -OCH3 is 1. The van der Waals surface area contributed by atoms with Crippen LogP contribution in [0.25, 0.3) is 16.8 Å². The quantitative estimate of drug-likeness (QED) is 0.308. The molecule has 8 heteroatoms. The van der Waals surface area contributed by atoms with Crippen molar-refractivity contribution in [2.75, 3.05) is 13.7 Å². The predicted molar refractivity (Wildman–Crippen MR) is 135 cm³/mol. The summed E-state index contributed by atoms with van der Waals surface area (Å²) in [5.74, 6) is -0.102. The first-order valence-electron chi connectivity index (χ1n) is 11.1. The van der Waals surface area contributed by atoms with Crippen LogP contribution in [0.2, 0.25) is 0 Å². The largest absolute Gasteiger partial charge is 0.493 e. The van der Waals surface area contributed by atoms with Gasteiger partial charge in [0.25, 0.3) is 11.1 Å². The van der Waals surface area contributed by atoms with E-state index in [2.05, 4.69) is 18.2 Å². The molecular weight excluding hydrogens is 466 g/mol. The van der Waals surface area contributed by atoms with Crippen molar-refractivity contribution in [3.63, 3.8) is 0 Å². The number of rotatable bonds is 8. The third kappa shape index (κ3) is 5.66. The van der Waals surface area contributed by atoms with Gasteiger partial charge in [-0.3, -0.25) is 19.3 Å². The zero-order chi connectivity index (χ0) is 24.9. The van der Waals surface area contributed by atoms with E-state index < -0.39 is 23.7 Å². The maximum absolute atomic E-state index is 12.7. The average Bonchev–Trinajstić information content (AvgIpc) is 3.09. The normalized spacial score (nSPS) is 14.7. The number of imide groups is 1. The second kappa shape index (κ2) is 10.7. The number of hydrogen-bond donors (Lipinski definition) is 0. The molecule has 0 spiro atoms. The van der Waals surface area contributed by atoms with Crippen LogP contribution in [0.4, 0.5) is 4.79 Å². The Morgan fingerprint density at radius 1 is 1.03 bits per heavy atom. The van der Waals surface area contributed by atoms with E-state index in [0.717, 1.165) is 33.0 Å². The van der Waals surface area contributed by atoms with E-state index in [9.17, 15) is 14.4 Å². The van der Waals surface area contributed by atoms with Gasteiger partial charge in [-0.25, -0.2) is 0 Å². The van der Waals surface area contributed by atoms with Gasteiger partial charge in [0.2, 0.25) is 0 Å². The second-order valence-corrected chi connectivity index (χ2v) is 9.14. The molecule has 7 nitrogen and oxygen atoms in total. The van der Waals surface area contributed by atoms with E-state index in [4.69, 9.17) is 14.2 Å². The first kappa shape index (κ1) is 24.3. The minimum Gasteiger partial charge on any atom is -0.493 e. The van der Waals surface area contributed by atoms with E-state index in [0.29, 0.717) is 23.7 Å². The third-order valence-electron chi connectivity index (χ3n) is 5.28. The Hall–Kier alpha value is -3.78. The van der Waals surface area contributed by atoms with Crippen molar-refractivity contribution in [3.8, 4) is 11.5 Å². The van der Waals surface area contributed by atoms with E-state index in [1.54, 1.807) is 38.1 Å². The number of benzene rings is 3. The highest BCUT2D eigenvalue weighted by atomic mass is 32.2. The molecule has 0 radical (unpaired) electrons. The van der Waals surface area contributed by atoms with Gasteiger partial charge in [-0.1, -0.05) is 48.5 Å². The summed E-state index contributed by atoms with van der Waals surface area (Å²) in [7, 11) is 1.54. The fourth-order valence-electron chi connectivity index (χ4n) is 3.68. The summed E-state index contributed by atoms with van der Waals surface area (Å²) in [6.45, 7) is 3.36. The molecule has 1 fully saturated rings. The van der Waals surface area contributed by atoms with Crippen molar-refractivity contribution in [1.29, 1.82) is 0 Å². The number of carbonyl (C=O) groups excluding carboxylic acids is 3. The molecular formula is C27H25NO6S. The van der Waals surface area contributed by atoms with Crippen molar-refractivity contribution in [3.05, 3.63) is 76.7 Å². The van der Waals surface area contributed by atoms with Crippen molar-refractivity contribution in [2.45, 2.75) is 26.6 Å². The van der Waals surface area contributed by atoms with E-state index >= 15 is 0 Å². The van der Waals surface area contributed by atoms with Crippen molar-refractivity contribution in [1.82, 2.24) is 4.90 Å². The number of carbonyl (C=O) groups is 3. The van der Waals surface area contributed by atoms with Gasteiger partial charge >= 0.3 is 5.97 Å². The molecule has 0 N–H and O–H groups in total.